The average Bonchev–Trinajstić information content (AvgIpc) is 3.05. The molecule has 1 aliphatic rings. The second kappa shape index (κ2) is 8.81. The maximum Gasteiger partial charge on any atom is 0.314 e. The zero-order chi connectivity index (χ0) is 19.2. The number of hydrogen-bond donors (Lipinski definition) is 2. The van der Waals surface area contributed by atoms with Gasteiger partial charge in [0.2, 0.25) is 0 Å². The number of benzene rings is 1. The van der Waals surface area contributed by atoms with Crippen LogP contribution in [0.4, 0.5) is 11.4 Å². The van der Waals surface area contributed by atoms with E-state index in [4.69, 9.17) is 4.74 Å². The number of aromatic nitrogens is 2. The highest BCUT2D eigenvalue weighted by atomic mass is 16.5. The van der Waals surface area contributed by atoms with Crippen molar-refractivity contribution in [2.24, 2.45) is 13.0 Å². The number of carbonyl (C=O) groups is 2. The van der Waals surface area contributed by atoms with Gasteiger partial charge in [-0.05, 0) is 36.5 Å². The van der Waals surface area contributed by atoms with E-state index in [0.717, 1.165) is 18.4 Å². The molecule has 2 N–H and O–H groups in total. The predicted octanol–water partition coefficient (Wildman–Crippen LogP) is 3.09. The maximum atomic E-state index is 12.1. The standard InChI is InChI=1S/C20H26N4O3/c1-14-5-3-8-18(9-14)27-13-15-6-4-7-16(10-15)22-19(25)20(26)23-17-11-21-24(2)12-17/h4,6-7,10-12,14,18H,3,5,8-9,13H2,1-2H3,(H,22,25)(H,23,26)/t14-,18+/m0/s1. The van der Waals surface area contributed by atoms with Crippen molar-refractivity contribution in [2.75, 3.05) is 10.6 Å². The number of ether oxygens (including phenoxy) is 1. The van der Waals surface area contributed by atoms with Crippen LogP contribution in [0.5, 0.6) is 0 Å². The summed E-state index contributed by atoms with van der Waals surface area (Å²) in [5.41, 5.74) is 2.01. The van der Waals surface area contributed by atoms with Gasteiger partial charge in [-0.3, -0.25) is 14.3 Å². The molecule has 144 valence electrons. The Morgan fingerprint density at radius 2 is 2.00 bits per heavy atom. The summed E-state index contributed by atoms with van der Waals surface area (Å²) in [6, 6.07) is 7.39. The predicted molar refractivity (Wildman–Crippen MR) is 103 cm³/mol. The molecule has 3 rings (SSSR count). The van der Waals surface area contributed by atoms with Crippen molar-refractivity contribution in [1.82, 2.24) is 9.78 Å². The summed E-state index contributed by atoms with van der Waals surface area (Å²) in [6.07, 6.45) is 8.11. The van der Waals surface area contributed by atoms with E-state index in [0.29, 0.717) is 30.0 Å². The topological polar surface area (TPSA) is 85.2 Å². The molecule has 1 saturated carbocycles. The Morgan fingerprint density at radius 3 is 2.70 bits per heavy atom. The van der Waals surface area contributed by atoms with Gasteiger partial charge in [0.15, 0.2) is 0 Å². The Labute approximate surface area is 159 Å². The van der Waals surface area contributed by atoms with Gasteiger partial charge in [-0.2, -0.15) is 5.10 Å². The number of hydrogen-bond acceptors (Lipinski definition) is 4. The fourth-order valence-electron chi connectivity index (χ4n) is 3.34. The van der Waals surface area contributed by atoms with Crippen molar-refractivity contribution in [3.63, 3.8) is 0 Å². The number of aryl methyl sites for hydroxylation is 1. The van der Waals surface area contributed by atoms with Gasteiger partial charge in [-0.25, -0.2) is 0 Å². The van der Waals surface area contributed by atoms with Crippen LogP contribution in [0.3, 0.4) is 0 Å². The number of carbonyl (C=O) groups excluding carboxylic acids is 2. The Kier molecular flexibility index (Phi) is 6.24. The molecule has 7 heteroatoms. The maximum absolute atomic E-state index is 12.1. The number of rotatable bonds is 5. The van der Waals surface area contributed by atoms with Gasteiger partial charge in [0.25, 0.3) is 0 Å². The molecular formula is C20H26N4O3. The van der Waals surface area contributed by atoms with Crippen LogP contribution in [0.15, 0.2) is 36.7 Å². The van der Waals surface area contributed by atoms with E-state index in [1.54, 1.807) is 24.0 Å². The van der Waals surface area contributed by atoms with Crippen LogP contribution in [-0.2, 0) is 28.0 Å². The Bertz CT molecular complexity index is 802. The number of nitrogens with one attached hydrogen (secondary N) is 2. The molecule has 2 aromatic rings. The SMILES string of the molecule is C[C@H]1CCC[C@@H](OCc2cccc(NC(=O)C(=O)Nc3cnn(C)c3)c2)C1. The minimum Gasteiger partial charge on any atom is -0.374 e. The van der Waals surface area contributed by atoms with E-state index >= 15 is 0 Å². The third-order valence-electron chi connectivity index (χ3n) is 4.73. The van der Waals surface area contributed by atoms with E-state index in [-0.39, 0.29) is 0 Å². The summed E-state index contributed by atoms with van der Waals surface area (Å²) in [5.74, 6) is -0.744. The molecule has 0 radical (unpaired) electrons. The molecule has 0 saturated heterocycles. The number of amides is 2. The van der Waals surface area contributed by atoms with Gasteiger partial charge < -0.3 is 15.4 Å². The smallest absolute Gasteiger partial charge is 0.314 e. The molecule has 2 atom stereocenters. The fraction of sp³-hybridized carbons (Fsp3) is 0.450. The van der Waals surface area contributed by atoms with Crippen LogP contribution in [0.25, 0.3) is 0 Å². The Morgan fingerprint density at radius 1 is 1.22 bits per heavy atom. The van der Waals surface area contributed by atoms with Crippen molar-refractivity contribution < 1.29 is 14.3 Å². The first kappa shape index (κ1) is 19.1. The lowest BCUT2D eigenvalue weighted by Crippen LogP contribution is -2.29. The lowest BCUT2D eigenvalue weighted by molar-refractivity contribution is -0.133. The minimum atomic E-state index is -0.735. The average molecular weight is 370 g/mol. The highest BCUT2D eigenvalue weighted by molar-refractivity contribution is 6.43. The highest BCUT2D eigenvalue weighted by Crippen LogP contribution is 2.26. The van der Waals surface area contributed by atoms with Crippen molar-refractivity contribution in [3.05, 3.63) is 42.2 Å². The first-order valence-electron chi connectivity index (χ1n) is 9.31. The zero-order valence-corrected chi connectivity index (χ0v) is 15.8. The van der Waals surface area contributed by atoms with E-state index in [1.807, 2.05) is 18.2 Å². The summed E-state index contributed by atoms with van der Waals surface area (Å²) in [5, 5.41) is 9.08. The molecule has 27 heavy (non-hydrogen) atoms. The van der Waals surface area contributed by atoms with Crippen molar-refractivity contribution in [2.45, 2.75) is 45.3 Å². The molecule has 2 amide bonds. The summed E-state index contributed by atoms with van der Waals surface area (Å²) >= 11 is 0. The van der Waals surface area contributed by atoms with Crippen LogP contribution in [-0.4, -0.2) is 27.7 Å². The molecule has 0 aliphatic heterocycles. The van der Waals surface area contributed by atoms with Crippen LogP contribution >= 0.6 is 0 Å². The third kappa shape index (κ3) is 5.65. The molecule has 1 aliphatic carbocycles. The summed E-state index contributed by atoms with van der Waals surface area (Å²) in [7, 11) is 1.73. The Hall–Kier alpha value is -2.67. The highest BCUT2D eigenvalue weighted by Gasteiger charge is 2.19. The van der Waals surface area contributed by atoms with E-state index in [1.165, 1.54) is 19.0 Å². The first-order valence-corrected chi connectivity index (χ1v) is 9.31. The summed E-state index contributed by atoms with van der Waals surface area (Å²) in [4.78, 5) is 24.1. The van der Waals surface area contributed by atoms with Gasteiger partial charge in [0, 0.05) is 18.9 Å². The van der Waals surface area contributed by atoms with E-state index in [9.17, 15) is 9.59 Å². The number of nitrogens with zero attached hydrogens (tertiary/aromatic N) is 2. The molecule has 7 nitrogen and oxygen atoms in total. The molecule has 0 unspecified atom stereocenters. The van der Waals surface area contributed by atoms with Gasteiger partial charge in [0.1, 0.15) is 0 Å². The molecule has 1 aromatic heterocycles. The minimum absolute atomic E-state index is 0.303. The molecule has 0 spiro atoms. The Balaban J connectivity index is 1.52. The monoisotopic (exact) mass is 370 g/mol. The summed E-state index contributed by atoms with van der Waals surface area (Å²) in [6.45, 7) is 2.77. The molecular weight excluding hydrogens is 344 g/mol. The third-order valence-corrected chi connectivity index (χ3v) is 4.73. The van der Waals surface area contributed by atoms with E-state index < -0.39 is 11.8 Å². The van der Waals surface area contributed by atoms with Crippen molar-refractivity contribution in [3.8, 4) is 0 Å². The van der Waals surface area contributed by atoms with Crippen LogP contribution in [0.1, 0.15) is 38.2 Å². The van der Waals surface area contributed by atoms with Gasteiger partial charge in [0.05, 0.1) is 24.6 Å². The normalized spacial score (nSPS) is 19.5. The largest absolute Gasteiger partial charge is 0.374 e. The zero-order valence-electron chi connectivity index (χ0n) is 15.8. The summed E-state index contributed by atoms with van der Waals surface area (Å²) < 4.78 is 7.57. The van der Waals surface area contributed by atoms with Crippen LogP contribution < -0.4 is 10.6 Å². The second-order valence-corrected chi connectivity index (χ2v) is 7.22. The molecule has 0 bridgehead atoms. The second-order valence-electron chi connectivity index (χ2n) is 7.22. The lowest BCUT2D eigenvalue weighted by atomic mass is 9.89. The van der Waals surface area contributed by atoms with Crippen LogP contribution in [0, 0.1) is 5.92 Å². The quantitative estimate of drug-likeness (QED) is 0.792. The first-order chi connectivity index (χ1) is 13.0. The van der Waals surface area contributed by atoms with Gasteiger partial charge >= 0.3 is 11.8 Å². The van der Waals surface area contributed by atoms with Crippen molar-refractivity contribution in [1.29, 1.82) is 0 Å². The lowest BCUT2D eigenvalue weighted by Gasteiger charge is -2.26. The molecule has 1 aromatic carbocycles. The van der Waals surface area contributed by atoms with Crippen LogP contribution in [0.2, 0.25) is 0 Å². The fourth-order valence-corrected chi connectivity index (χ4v) is 3.34. The van der Waals surface area contributed by atoms with E-state index in [2.05, 4.69) is 22.7 Å². The molecule has 1 heterocycles. The number of anilines is 2. The molecule has 1 fully saturated rings. The van der Waals surface area contributed by atoms with Crippen molar-refractivity contribution >= 4 is 23.2 Å². The van der Waals surface area contributed by atoms with Gasteiger partial charge in [-0.1, -0.05) is 31.9 Å². The van der Waals surface area contributed by atoms with Gasteiger partial charge in [-0.15, -0.1) is 0 Å².